The molecule has 0 radical (unpaired) electrons. The van der Waals surface area contributed by atoms with Crippen LogP contribution >= 0.6 is 0 Å². The fourth-order valence-corrected chi connectivity index (χ4v) is 8.98. The lowest BCUT2D eigenvalue weighted by atomic mass is 9.99. The zero-order valence-corrected chi connectivity index (χ0v) is 36.4. The molecule has 3 amide bonds. The zero-order valence-electron chi connectivity index (χ0n) is 36.4. The van der Waals surface area contributed by atoms with Crippen molar-refractivity contribution in [1.29, 1.82) is 0 Å². The number of benzene rings is 4. The van der Waals surface area contributed by atoms with Gasteiger partial charge >= 0.3 is 0 Å². The number of nitrogens with zero attached hydrogens (tertiary/aromatic N) is 4. The molecule has 62 heavy (non-hydrogen) atoms. The van der Waals surface area contributed by atoms with Gasteiger partial charge < -0.3 is 31.2 Å². The van der Waals surface area contributed by atoms with Crippen LogP contribution in [0.3, 0.4) is 0 Å². The quantitative estimate of drug-likeness (QED) is 0.0694. The van der Waals surface area contributed by atoms with Gasteiger partial charge in [-0.05, 0) is 118 Å². The van der Waals surface area contributed by atoms with Crippen molar-refractivity contribution in [1.82, 2.24) is 15.3 Å². The zero-order chi connectivity index (χ0) is 43.3. The minimum absolute atomic E-state index is 0. The summed E-state index contributed by atoms with van der Waals surface area (Å²) in [5, 5.41) is 11.4. The fraction of sp³-hybridized carbons (Fsp3) is 0.373. The van der Waals surface area contributed by atoms with Crippen LogP contribution in [0.1, 0.15) is 105 Å². The van der Waals surface area contributed by atoms with Crippen LogP contribution in [-0.2, 0) is 20.8 Å². The van der Waals surface area contributed by atoms with Crippen molar-refractivity contribution in [3.8, 4) is 0 Å². The Labute approximate surface area is 373 Å². The van der Waals surface area contributed by atoms with Crippen LogP contribution < -0.4 is 26.3 Å². The third kappa shape index (κ3) is 12.1. The van der Waals surface area contributed by atoms with E-state index in [2.05, 4.69) is 50.1 Å². The largest absolute Gasteiger partial charge is 0.349 e. The first-order valence-electron chi connectivity index (χ1n) is 22.3. The van der Waals surface area contributed by atoms with E-state index in [0.29, 0.717) is 24.2 Å². The highest BCUT2D eigenvalue weighted by Crippen LogP contribution is 2.34. The van der Waals surface area contributed by atoms with E-state index < -0.39 is 0 Å². The first kappa shape index (κ1) is 44.0. The molecule has 11 nitrogen and oxygen atoms in total. The van der Waals surface area contributed by atoms with Crippen molar-refractivity contribution < 1.29 is 20.1 Å². The summed E-state index contributed by atoms with van der Waals surface area (Å²) in [6.45, 7) is 7.09. The molecule has 4 N–H and O–H groups in total. The Morgan fingerprint density at radius 2 is 1.52 bits per heavy atom. The third-order valence-corrected chi connectivity index (χ3v) is 12.3. The first-order valence-corrected chi connectivity index (χ1v) is 22.3. The summed E-state index contributed by atoms with van der Waals surface area (Å²) in [6, 6.07) is 31.2. The molecule has 4 aromatic carbocycles. The van der Waals surface area contributed by atoms with Gasteiger partial charge in [0.15, 0.2) is 0 Å². The van der Waals surface area contributed by atoms with Crippen molar-refractivity contribution in [3.05, 3.63) is 132 Å². The average molecular weight is 843 g/mol. The smallest absolute Gasteiger partial charge is 0.228 e. The van der Waals surface area contributed by atoms with Crippen molar-refractivity contribution in [2.75, 3.05) is 54.6 Å². The molecular formula is C51H70N8O3. The second-order valence-corrected chi connectivity index (χ2v) is 16.9. The third-order valence-electron chi connectivity index (χ3n) is 12.3. The van der Waals surface area contributed by atoms with Gasteiger partial charge in [-0.3, -0.25) is 19.4 Å². The summed E-state index contributed by atoms with van der Waals surface area (Å²) < 4.78 is 0. The summed E-state index contributed by atoms with van der Waals surface area (Å²) in [5.74, 6) is 0.694. The first-order chi connectivity index (χ1) is 30.2. The Balaban J connectivity index is 0.00000289. The van der Waals surface area contributed by atoms with Gasteiger partial charge in [0.1, 0.15) is 0 Å². The van der Waals surface area contributed by atoms with E-state index in [1.54, 1.807) is 0 Å². The van der Waals surface area contributed by atoms with Crippen LogP contribution in [-0.4, -0.2) is 68.1 Å². The second kappa shape index (κ2) is 21.7. The molecule has 2 fully saturated rings. The van der Waals surface area contributed by atoms with Gasteiger partial charge in [0.25, 0.3) is 0 Å². The topological polar surface area (TPSA) is 121 Å². The molecule has 1 saturated carbocycles. The molecule has 1 unspecified atom stereocenters. The van der Waals surface area contributed by atoms with Crippen LogP contribution in [0.2, 0.25) is 0 Å². The van der Waals surface area contributed by atoms with Gasteiger partial charge in [-0.1, -0.05) is 86.3 Å². The summed E-state index contributed by atoms with van der Waals surface area (Å²) in [4.78, 5) is 48.1. The summed E-state index contributed by atoms with van der Waals surface area (Å²) >= 11 is 0. The number of para-hydroxylation sites is 1. The fourth-order valence-electron chi connectivity index (χ4n) is 8.98. The van der Waals surface area contributed by atoms with Crippen molar-refractivity contribution in [3.63, 3.8) is 0 Å². The van der Waals surface area contributed by atoms with E-state index in [1.165, 1.54) is 38.5 Å². The number of carbonyl (C=O) groups is 3. The number of hydrogen-bond acceptors (Lipinski definition) is 8. The monoisotopic (exact) mass is 843 g/mol. The number of likely N-dealkylation sites (tertiary alicyclic amines) is 1. The second-order valence-electron chi connectivity index (χ2n) is 16.9. The molecule has 1 saturated heterocycles. The number of aliphatic imine (C=N–C) groups is 1. The molecule has 0 aromatic heterocycles. The normalized spacial score (nSPS) is 17.0. The number of hydrazine groups is 1. The van der Waals surface area contributed by atoms with Crippen molar-refractivity contribution in [2.24, 2.45) is 10.9 Å². The molecule has 1 atom stereocenters. The Hall–Kier alpha value is -6.04. The average Bonchev–Trinajstić information content (AvgIpc) is 4.07. The summed E-state index contributed by atoms with van der Waals surface area (Å²) in [5.41, 5.74) is 11.6. The number of likely N-dealkylation sites (N-methyl/N-ethyl adjacent to an activating group) is 1. The van der Waals surface area contributed by atoms with E-state index in [9.17, 15) is 14.4 Å². The highest BCUT2D eigenvalue weighted by atomic mass is 16.2. The Bertz CT molecular complexity index is 2280. The molecule has 3 aliphatic rings. The van der Waals surface area contributed by atoms with Gasteiger partial charge in [0.05, 0.1) is 29.5 Å². The number of nitrogens with one attached hydrogen (secondary N) is 4. The molecule has 4 aromatic rings. The maximum Gasteiger partial charge on any atom is 0.228 e. The number of amides is 3. The lowest BCUT2D eigenvalue weighted by molar-refractivity contribution is -0.117. The molecule has 0 bridgehead atoms. The van der Waals surface area contributed by atoms with E-state index in [1.807, 2.05) is 121 Å². The van der Waals surface area contributed by atoms with Crippen molar-refractivity contribution >= 4 is 58.6 Å². The molecule has 7 rings (SSSR count). The maximum atomic E-state index is 13.8. The van der Waals surface area contributed by atoms with Gasteiger partial charge in [0.2, 0.25) is 17.7 Å². The molecule has 2 heterocycles. The lowest BCUT2D eigenvalue weighted by Gasteiger charge is -2.21. The summed E-state index contributed by atoms with van der Waals surface area (Å²) in [7, 11) is 3.92. The van der Waals surface area contributed by atoms with E-state index in [-0.39, 0.29) is 35.9 Å². The molecular weight excluding hydrogens is 773 g/mol. The van der Waals surface area contributed by atoms with E-state index in [0.717, 1.165) is 89.8 Å². The van der Waals surface area contributed by atoms with E-state index in [4.69, 9.17) is 0 Å². The molecule has 0 spiro atoms. The summed E-state index contributed by atoms with van der Waals surface area (Å²) in [6.07, 6.45) is 15.9. The van der Waals surface area contributed by atoms with Gasteiger partial charge in [-0.25, -0.2) is 5.01 Å². The number of rotatable bonds is 19. The standard InChI is InChI=1S/C51H62N8O3.4H2/c1-52-47(36-57(2)42-23-14-22-41(34-42)54-50(61)28-15-31-59-29-10-11-30-59)44-25-8-9-26-45(44)55-51(62)33-38-19-6-7-24-43(38)46-35-48(58(3)56-46)39-20-13-21-40(32-39)53-49(60)27-12-18-37-16-4-5-17-37;;;;/h6-9,13-14,19-26,32,34-37,48,56H,1,4-5,10-12,15-18,27-31,33H2,2-3H3,(H,53,60)(H,54,61)(H,55,62);4*1H/b47-36-;;;;. The Morgan fingerprint density at radius 1 is 0.823 bits per heavy atom. The molecule has 2 aliphatic heterocycles. The Morgan fingerprint density at radius 3 is 2.29 bits per heavy atom. The van der Waals surface area contributed by atoms with Crippen LogP contribution in [0, 0.1) is 5.92 Å². The molecule has 332 valence electrons. The number of hydrogen-bond donors (Lipinski definition) is 4. The van der Waals surface area contributed by atoms with Gasteiger partial charge in [-0.15, -0.1) is 0 Å². The predicted molar refractivity (Wildman–Crippen MR) is 262 cm³/mol. The lowest BCUT2D eigenvalue weighted by Crippen LogP contribution is -2.30. The highest BCUT2D eigenvalue weighted by molar-refractivity contribution is 5.96. The van der Waals surface area contributed by atoms with Crippen LogP contribution in [0.25, 0.3) is 11.4 Å². The molecule has 11 heteroatoms. The predicted octanol–water partition coefficient (Wildman–Crippen LogP) is 10.6. The van der Waals surface area contributed by atoms with Crippen LogP contribution in [0.4, 0.5) is 22.7 Å². The van der Waals surface area contributed by atoms with Gasteiger partial charge in [0, 0.05) is 67.0 Å². The molecule has 1 aliphatic carbocycles. The SMILES string of the molecule is C=N/C(=C\N(C)c1cccc(NC(=O)CCCN2CCCC2)c1)c1ccccc1NC(=O)Cc1ccccc1C1=CC(c2cccc(NC(=O)CCCC3CCCC3)c2)N(C)N1.[HH].[HH].[HH].[HH]. The van der Waals surface area contributed by atoms with Crippen LogP contribution in [0.15, 0.2) is 114 Å². The highest BCUT2D eigenvalue weighted by Gasteiger charge is 2.26. The number of carbonyl (C=O) groups excluding carboxylic acids is 3. The Kier molecular flexibility index (Phi) is 15.4. The maximum absolute atomic E-state index is 13.8. The van der Waals surface area contributed by atoms with Gasteiger partial charge in [-0.2, -0.15) is 0 Å². The minimum Gasteiger partial charge on any atom is -0.349 e. The van der Waals surface area contributed by atoms with Crippen molar-refractivity contribution in [2.45, 2.75) is 83.1 Å². The van der Waals surface area contributed by atoms with Crippen LogP contribution in [0.5, 0.6) is 0 Å². The number of anilines is 4. The van der Waals surface area contributed by atoms with E-state index >= 15 is 0 Å². The minimum atomic E-state index is -0.166.